The van der Waals surface area contributed by atoms with E-state index in [-0.39, 0.29) is 6.10 Å². The zero-order valence-corrected chi connectivity index (χ0v) is 25.8. The third kappa shape index (κ3) is 14.3. The number of anilines is 2. The standard InChI is InChI=1S/C27H55N5O4Si/c1-8-13-15-17-21-32(22-18-16-14-9-2)26-29-25(30-27(31-26)36-24(6)7)28-20-19-23-37(33-10-3,34-11-4)35-12-5/h24H,8-23H2,1-7H3,(H,28,29,30,31). The molecular weight excluding hydrogens is 486 g/mol. The molecule has 0 saturated heterocycles. The molecular formula is C27H55N5O4Si. The lowest BCUT2D eigenvalue weighted by Gasteiger charge is -2.28. The van der Waals surface area contributed by atoms with Gasteiger partial charge in [0.15, 0.2) is 0 Å². The lowest BCUT2D eigenvalue weighted by Crippen LogP contribution is -2.46. The number of nitrogens with zero attached hydrogens (tertiary/aromatic N) is 4. The third-order valence-corrected chi connectivity index (χ3v) is 8.98. The number of nitrogens with one attached hydrogen (secondary N) is 1. The Morgan fingerprint density at radius 3 is 1.78 bits per heavy atom. The normalized spacial score (nSPS) is 11.8. The van der Waals surface area contributed by atoms with Crippen molar-refractivity contribution in [3.8, 4) is 6.01 Å². The Kier molecular flexibility index (Phi) is 18.6. The highest BCUT2D eigenvalue weighted by atomic mass is 28.4. The van der Waals surface area contributed by atoms with Gasteiger partial charge in [0.05, 0.1) is 6.10 Å². The van der Waals surface area contributed by atoms with Crippen LogP contribution in [-0.2, 0) is 13.3 Å². The first-order valence-corrected chi connectivity index (χ1v) is 16.7. The highest BCUT2D eigenvalue weighted by Crippen LogP contribution is 2.20. The van der Waals surface area contributed by atoms with E-state index in [1.807, 2.05) is 34.6 Å². The lowest BCUT2D eigenvalue weighted by atomic mass is 10.2. The van der Waals surface area contributed by atoms with Gasteiger partial charge in [0.25, 0.3) is 0 Å². The molecule has 1 heterocycles. The Labute approximate surface area is 227 Å². The molecule has 1 rings (SSSR count). The van der Waals surface area contributed by atoms with Crippen LogP contribution >= 0.6 is 0 Å². The van der Waals surface area contributed by atoms with Crippen molar-refractivity contribution < 1.29 is 18.0 Å². The molecule has 0 aromatic carbocycles. The van der Waals surface area contributed by atoms with Gasteiger partial charge >= 0.3 is 14.8 Å². The third-order valence-electron chi connectivity index (χ3n) is 5.83. The van der Waals surface area contributed by atoms with Gasteiger partial charge in [-0.15, -0.1) is 0 Å². The van der Waals surface area contributed by atoms with Crippen molar-refractivity contribution in [3.05, 3.63) is 0 Å². The summed E-state index contributed by atoms with van der Waals surface area (Å²) in [6.45, 7) is 18.7. The zero-order valence-electron chi connectivity index (χ0n) is 24.8. The molecule has 0 atom stereocenters. The Bertz CT molecular complexity index is 670. The Balaban J connectivity index is 2.97. The maximum Gasteiger partial charge on any atom is 0.500 e. The predicted octanol–water partition coefficient (Wildman–Crippen LogP) is 6.48. The number of unbranched alkanes of at least 4 members (excludes halogenated alkanes) is 6. The molecule has 0 bridgehead atoms. The molecule has 0 radical (unpaired) electrons. The van der Waals surface area contributed by atoms with Crippen LogP contribution < -0.4 is 15.0 Å². The van der Waals surface area contributed by atoms with Gasteiger partial charge in [-0.25, -0.2) is 0 Å². The van der Waals surface area contributed by atoms with Crippen LogP contribution in [0, 0.1) is 0 Å². The summed E-state index contributed by atoms with van der Waals surface area (Å²) in [5.74, 6) is 1.24. The molecule has 10 heteroatoms. The number of rotatable bonds is 24. The van der Waals surface area contributed by atoms with Crippen molar-refractivity contribution in [1.82, 2.24) is 15.0 Å². The monoisotopic (exact) mass is 541 g/mol. The van der Waals surface area contributed by atoms with Gasteiger partial charge < -0.3 is 28.2 Å². The molecule has 1 N–H and O–H groups in total. The number of aromatic nitrogens is 3. The summed E-state index contributed by atoms with van der Waals surface area (Å²) in [4.78, 5) is 16.4. The second-order valence-corrected chi connectivity index (χ2v) is 12.3. The summed E-state index contributed by atoms with van der Waals surface area (Å²) in [7, 11) is -2.67. The van der Waals surface area contributed by atoms with Crippen LogP contribution in [0.4, 0.5) is 11.9 Å². The molecule has 9 nitrogen and oxygen atoms in total. The van der Waals surface area contributed by atoms with Crippen molar-refractivity contribution in [1.29, 1.82) is 0 Å². The van der Waals surface area contributed by atoms with E-state index in [9.17, 15) is 0 Å². The first-order chi connectivity index (χ1) is 17.9. The highest BCUT2D eigenvalue weighted by molar-refractivity contribution is 6.60. The molecule has 0 saturated carbocycles. The molecule has 1 aromatic rings. The number of hydrogen-bond acceptors (Lipinski definition) is 9. The maximum atomic E-state index is 5.98. The summed E-state index contributed by atoms with van der Waals surface area (Å²) in [5.41, 5.74) is 0. The average Bonchev–Trinajstić information content (AvgIpc) is 2.86. The molecule has 0 fully saturated rings. The van der Waals surface area contributed by atoms with Gasteiger partial charge in [-0.3, -0.25) is 0 Å². The SMILES string of the molecule is CCCCCCN(CCCCCC)c1nc(NCCC[Si](OCC)(OCC)OCC)nc(OC(C)C)n1. The average molecular weight is 542 g/mol. The summed E-state index contributed by atoms with van der Waals surface area (Å²) < 4.78 is 23.9. The first kappa shape index (κ1) is 33.5. The van der Waals surface area contributed by atoms with Crippen molar-refractivity contribution in [2.24, 2.45) is 0 Å². The van der Waals surface area contributed by atoms with Crippen LogP contribution in [0.15, 0.2) is 0 Å². The summed E-state index contributed by atoms with van der Waals surface area (Å²) >= 11 is 0. The van der Waals surface area contributed by atoms with E-state index >= 15 is 0 Å². The summed E-state index contributed by atoms with van der Waals surface area (Å²) in [6.07, 6.45) is 10.5. The van der Waals surface area contributed by atoms with Crippen LogP contribution in [0.2, 0.25) is 6.04 Å². The van der Waals surface area contributed by atoms with E-state index in [0.717, 1.165) is 38.4 Å². The lowest BCUT2D eigenvalue weighted by molar-refractivity contribution is 0.0710. The minimum absolute atomic E-state index is 0.0131. The van der Waals surface area contributed by atoms with E-state index in [4.69, 9.17) is 28.0 Å². The number of hydrogen-bond donors (Lipinski definition) is 1. The minimum Gasteiger partial charge on any atom is -0.461 e. The predicted molar refractivity (Wildman–Crippen MR) is 155 cm³/mol. The highest BCUT2D eigenvalue weighted by Gasteiger charge is 2.39. The summed E-state index contributed by atoms with van der Waals surface area (Å²) in [6, 6.07) is 1.11. The molecule has 0 aliphatic rings. The van der Waals surface area contributed by atoms with Crippen molar-refractivity contribution >= 4 is 20.7 Å². The molecule has 216 valence electrons. The summed E-state index contributed by atoms with van der Waals surface area (Å²) in [5, 5.41) is 3.39. The van der Waals surface area contributed by atoms with Gasteiger partial charge in [-0.1, -0.05) is 52.4 Å². The quantitative estimate of drug-likeness (QED) is 0.117. The van der Waals surface area contributed by atoms with Crippen molar-refractivity contribution in [2.75, 3.05) is 49.7 Å². The Hall–Kier alpha value is -1.49. The fourth-order valence-corrected chi connectivity index (χ4v) is 6.72. The molecule has 0 spiro atoms. The molecule has 0 unspecified atom stereocenters. The van der Waals surface area contributed by atoms with Crippen molar-refractivity contribution in [3.63, 3.8) is 0 Å². The van der Waals surface area contributed by atoms with Crippen LogP contribution in [0.3, 0.4) is 0 Å². The van der Waals surface area contributed by atoms with Gasteiger partial charge in [0.2, 0.25) is 11.9 Å². The fourth-order valence-electron chi connectivity index (χ4n) is 4.11. The first-order valence-electron chi connectivity index (χ1n) is 14.8. The van der Waals surface area contributed by atoms with Crippen LogP contribution in [0.25, 0.3) is 0 Å². The van der Waals surface area contributed by atoms with Crippen molar-refractivity contribution in [2.45, 2.75) is 118 Å². The molecule has 0 aliphatic heterocycles. The maximum absolute atomic E-state index is 5.98. The molecule has 0 aliphatic carbocycles. The van der Waals surface area contributed by atoms with E-state index < -0.39 is 8.80 Å². The van der Waals surface area contributed by atoms with E-state index in [0.29, 0.717) is 44.3 Å². The van der Waals surface area contributed by atoms with Crippen LogP contribution in [-0.4, -0.2) is 69.3 Å². The largest absolute Gasteiger partial charge is 0.500 e. The van der Waals surface area contributed by atoms with Gasteiger partial charge in [0, 0.05) is 45.5 Å². The Morgan fingerprint density at radius 1 is 0.730 bits per heavy atom. The van der Waals surface area contributed by atoms with Crippen LogP contribution in [0.1, 0.15) is 106 Å². The molecule has 37 heavy (non-hydrogen) atoms. The number of ether oxygens (including phenoxy) is 1. The minimum atomic E-state index is -2.67. The molecule has 0 amide bonds. The Morgan fingerprint density at radius 2 is 1.30 bits per heavy atom. The second kappa shape index (κ2) is 20.5. The van der Waals surface area contributed by atoms with Gasteiger partial charge in [-0.05, 0) is 53.9 Å². The zero-order chi connectivity index (χ0) is 27.4. The van der Waals surface area contributed by atoms with Gasteiger partial charge in [-0.2, -0.15) is 15.0 Å². The van der Waals surface area contributed by atoms with E-state index in [1.165, 1.54) is 38.5 Å². The smallest absolute Gasteiger partial charge is 0.461 e. The van der Waals surface area contributed by atoms with E-state index in [1.54, 1.807) is 0 Å². The van der Waals surface area contributed by atoms with Crippen LogP contribution in [0.5, 0.6) is 6.01 Å². The topological polar surface area (TPSA) is 90.9 Å². The van der Waals surface area contributed by atoms with Gasteiger partial charge in [0.1, 0.15) is 0 Å². The fraction of sp³-hybridized carbons (Fsp3) is 0.889. The molecule has 1 aromatic heterocycles. The van der Waals surface area contributed by atoms with E-state index in [2.05, 4.69) is 29.0 Å². The second-order valence-electron chi connectivity index (χ2n) is 9.53.